The molecular formula is C13H20N4O3. The lowest BCUT2D eigenvalue weighted by Gasteiger charge is -2.15. The van der Waals surface area contributed by atoms with Crippen LogP contribution < -0.4 is 10.6 Å². The molecule has 20 heavy (non-hydrogen) atoms. The topological polar surface area (TPSA) is 87.5 Å². The molecule has 1 heterocycles. The van der Waals surface area contributed by atoms with Gasteiger partial charge in [-0.15, -0.1) is 0 Å². The van der Waals surface area contributed by atoms with Crippen LogP contribution in [0, 0.1) is 12.3 Å². The normalized spacial score (nSPS) is 16.0. The maximum atomic E-state index is 12.2. The number of rotatable bonds is 6. The molecule has 2 amide bonds. The Hall–Kier alpha value is -1.89. The smallest absolute Gasteiger partial charge is 0.241 e. The molecule has 1 fully saturated rings. The van der Waals surface area contributed by atoms with Crippen molar-refractivity contribution in [2.24, 2.45) is 5.41 Å². The van der Waals surface area contributed by atoms with Crippen molar-refractivity contribution < 1.29 is 14.1 Å². The molecule has 1 aliphatic rings. The summed E-state index contributed by atoms with van der Waals surface area (Å²) in [4.78, 5) is 26.3. The van der Waals surface area contributed by atoms with Crippen LogP contribution in [-0.2, 0) is 9.59 Å². The van der Waals surface area contributed by atoms with Crippen LogP contribution in [0.15, 0.2) is 10.6 Å². The van der Waals surface area contributed by atoms with Crippen LogP contribution in [0.1, 0.15) is 18.6 Å². The molecule has 1 aromatic heterocycles. The minimum atomic E-state index is -0.931. The fraction of sp³-hybridized carbons (Fsp3) is 0.615. The zero-order chi connectivity index (χ0) is 14.8. The average Bonchev–Trinajstić information content (AvgIpc) is 3.09. The fourth-order valence-corrected chi connectivity index (χ4v) is 1.91. The van der Waals surface area contributed by atoms with E-state index in [2.05, 4.69) is 15.8 Å². The van der Waals surface area contributed by atoms with Gasteiger partial charge in [-0.1, -0.05) is 5.16 Å². The van der Waals surface area contributed by atoms with Crippen LogP contribution in [-0.4, -0.2) is 49.1 Å². The molecule has 0 radical (unpaired) electrons. The van der Waals surface area contributed by atoms with E-state index in [1.54, 1.807) is 13.0 Å². The Labute approximate surface area is 117 Å². The van der Waals surface area contributed by atoms with E-state index < -0.39 is 5.41 Å². The van der Waals surface area contributed by atoms with E-state index >= 15 is 0 Å². The molecule has 0 bridgehead atoms. The average molecular weight is 280 g/mol. The van der Waals surface area contributed by atoms with Gasteiger partial charge < -0.3 is 20.1 Å². The third-order valence-electron chi connectivity index (χ3n) is 3.33. The van der Waals surface area contributed by atoms with E-state index in [0.717, 1.165) is 6.54 Å². The Balaban J connectivity index is 1.89. The summed E-state index contributed by atoms with van der Waals surface area (Å²) in [6.07, 6.45) is 1.15. The molecule has 2 rings (SSSR count). The van der Waals surface area contributed by atoms with Crippen molar-refractivity contribution in [2.75, 3.05) is 32.5 Å². The summed E-state index contributed by atoms with van der Waals surface area (Å²) < 4.78 is 4.88. The quantitative estimate of drug-likeness (QED) is 0.736. The van der Waals surface area contributed by atoms with Gasteiger partial charge in [0.25, 0.3) is 0 Å². The summed E-state index contributed by atoms with van der Waals surface area (Å²) in [5.74, 6) is 0.436. The van der Waals surface area contributed by atoms with E-state index in [1.807, 2.05) is 19.0 Å². The van der Waals surface area contributed by atoms with Crippen molar-refractivity contribution in [3.8, 4) is 0 Å². The monoisotopic (exact) mass is 280 g/mol. The van der Waals surface area contributed by atoms with Gasteiger partial charge in [0.2, 0.25) is 11.8 Å². The number of aromatic nitrogens is 1. The van der Waals surface area contributed by atoms with Crippen LogP contribution >= 0.6 is 0 Å². The third kappa shape index (κ3) is 3.16. The summed E-state index contributed by atoms with van der Waals surface area (Å²) in [5, 5.41) is 9.13. The van der Waals surface area contributed by atoms with Crippen molar-refractivity contribution in [1.82, 2.24) is 15.4 Å². The maximum absolute atomic E-state index is 12.2. The molecule has 0 aliphatic heterocycles. The first-order chi connectivity index (χ1) is 9.44. The van der Waals surface area contributed by atoms with E-state index in [4.69, 9.17) is 4.52 Å². The Kier molecular flexibility index (Phi) is 4.08. The second kappa shape index (κ2) is 5.62. The van der Waals surface area contributed by atoms with Gasteiger partial charge in [-0.05, 0) is 33.9 Å². The molecule has 0 unspecified atom stereocenters. The van der Waals surface area contributed by atoms with Gasteiger partial charge in [0.1, 0.15) is 11.2 Å². The van der Waals surface area contributed by atoms with Crippen LogP contribution in [0.2, 0.25) is 0 Å². The highest BCUT2D eigenvalue weighted by molar-refractivity contribution is 6.12. The highest BCUT2D eigenvalue weighted by Gasteiger charge is 2.56. The number of likely N-dealkylation sites (N-methyl/N-ethyl adjacent to an activating group) is 1. The molecule has 7 nitrogen and oxygen atoms in total. The van der Waals surface area contributed by atoms with Crippen LogP contribution in [0.4, 0.5) is 5.82 Å². The molecule has 0 spiro atoms. The Morgan fingerprint density at radius 2 is 2.10 bits per heavy atom. The number of hydrogen-bond donors (Lipinski definition) is 2. The first kappa shape index (κ1) is 14.5. The highest BCUT2D eigenvalue weighted by atomic mass is 16.5. The lowest BCUT2D eigenvalue weighted by Crippen LogP contribution is -2.42. The number of amides is 2. The number of anilines is 1. The van der Waals surface area contributed by atoms with E-state index in [1.165, 1.54) is 0 Å². The second-order valence-electron chi connectivity index (χ2n) is 5.42. The van der Waals surface area contributed by atoms with Gasteiger partial charge in [0.05, 0.1) is 0 Å². The standard InChI is InChI=1S/C13H20N4O3/c1-9-8-10(16-20-9)15-12(19)13(4-5-13)11(18)14-6-7-17(2)3/h8H,4-7H2,1-3H3,(H,14,18)(H,15,16,19). The fourth-order valence-electron chi connectivity index (χ4n) is 1.91. The summed E-state index contributed by atoms with van der Waals surface area (Å²) in [6.45, 7) is 3.01. The maximum Gasteiger partial charge on any atom is 0.241 e. The predicted molar refractivity (Wildman–Crippen MR) is 73.1 cm³/mol. The number of hydrogen-bond acceptors (Lipinski definition) is 5. The number of carbonyl (C=O) groups excluding carboxylic acids is 2. The van der Waals surface area contributed by atoms with Crippen LogP contribution in [0.25, 0.3) is 0 Å². The number of aryl methyl sites for hydroxylation is 1. The zero-order valence-electron chi connectivity index (χ0n) is 12.0. The second-order valence-corrected chi connectivity index (χ2v) is 5.42. The zero-order valence-corrected chi connectivity index (χ0v) is 12.0. The van der Waals surface area contributed by atoms with Gasteiger partial charge >= 0.3 is 0 Å². The lowest BCUT2D eigenvalue weighted by molar-refractivity contribution is -0.134. The highest BCUT2D eigenvalue weighted by Crippen LogP contribution is 2.46. The minimum Gasteiger partial charge on any atom is -0.360 e. The number of carbonyl (C=O) groups is 2. The van der Waals surface area contributed by atoms with Gasteiger partial charge in [0, 0.05) is 19.2 Å². The number of nitrogens with zero attached hydrogens (tertiary/aromatic N) is 2. The first-order valence-corrected chi connectivity index (χ1v) is 6.62. The van der Waals surface area contributed by atoms with Crippen molar-refractivity contribution in [2.45, 2.75) is 19.8 Å². The predicted octanol–water partition coefficient (Wildman–Crippen LogP) is 0.380. The van der Waals surface area contributed by atoms with Gasteiger partial charge in [-0.3, -0.25) is 9.59 Å². The van der Waals surface area contributed by atoms with Crippen molar-refractivity contribution in [3.05, 3.63) is 11.8 Å². The summed E-state index contributed by atoms with van der Waals surface area (Å²) in [6, 6.07) is 1.62. The largest absolute Gasteiger partial charge is 0.360 e. The van der Waals surface area contributed by atoms with Crippen molar-refractivity contribution >= 4 is 17.6 Å². The molecule has 2 N–H and O–H groups in total. The molecule has 7 heteroatoms. The molecule has 110 valence electrons. The van der Waals surface area contributed by atoms with Crippen molar-refractivity contribution in [3.63, 3.8) is 0 Å². The Bertz CT molecular complexity index is 505. The number of nitrogens with one attached hydrogen (secondary N) is 2. The van der Waals surface area contributed by atoms with Gasteiger partial charge in [-0.2, -0.15) is 0 Å². The Morgan fingerprint density at radius 1 is 1.40 bits per heavy atom. The van der Waals surface area contributed by atoms with E-state index in [9.17, 15) is 9.59 Å². The van der Waals surface area contributed by atoms with Crippen molar-refractivity contribution in [1.29, 1.82) is 0 Å². The molecule has 1 aliphatic carbocycles. The molecule has 0 saturated heterocycles. The minimum absolute atomic E-state index is 0.211. The van der Waals surface area contributed by atoms with E-state index in [0.29, 0.717) is 31.0 Å². The molecular weight excluding hydrogens is 260 g/mol. The first-order valence-electron chi connectivity index (χ1n) is 6.62. The molecule has 0 aromatic carbocycles. The third-order valence-corrected chi connectivity index (χ3v) is 3.33. The van der Waals surface area contributed by atoms with Crippen LogP contribution in [0.3, 0.4) is 0 Å². The van der Waals surface area contributed by atoms with Gasteiger partial charge in [0.15, 0.2) is 5.82 Å². The molecule has 1 saturated carbocycles. The Morgan fingerprint density at radius 3 is 2.60 bits per heavy atom. The SMILES string of the molecule is Cc1cc(NC(=O)C2(C(=O)NCCN(C)C)CC2)no1. The van der Waals surface area contributed by atoms with E-state index in [-0.39, 0.29) is 11.8 Å². The molecule has 1 aromatic rings. The van der Waals surface area contributed by atoms with Gasteiger partial charge in [-0.25, -0.2) is 0 Å². The molecule has 0 atom stereocenters. The van der Waals surface area contributed by atoms with Crippen LogP contribution in [0.5, 0.6) is 0 Å². The summed E-state index contributed by atoms with van der Waals surface area (Å²) >= 11 is 0. The summed E-state index contributed by atoms with van der Waals surface area (Å²) in [7, 11) is 3.86. The lowest BCUT2D eigenvalue weighted by atomic mass is 10.1. The summed E-state index contributed by atoms with van der Waals surface area (Å²) in [5.41, 5.74) is -0.931.